The third kappa shape index (κ3) is 4.05. The second-order valence-corrected chi connectivity index (χ2v) is 5.50. The number of esters is 1. The number of hydrogen-bond acceptors (Lipinski definition) is 4. The Labute approximate surface area is 121 Å². The van der Waals surface area contributed by atoms with Gasteiger partial charge in [0.25, 0.3) is 0 Å². The van der Waals surface area contributed by atoms with Gasteiger partial charge in [0.05, 0.1) is 13.0 Å². The normalized spacial score (nSPS) is 20.1. The van der Waals surface area contributed by atoms with E-state index in [-0.39, 0.29) is 11.9 Å². The summed E-state index contributed by atoms with van der Waals surface area (Å²) in [5.41, 5.74) is 1.02. The zero-order valence-electron chi connectivity index (χ0n) is 12.3. The quantitative estimate of drug-likeness (QED) is 0.802. The summed E-state index contributed by atoms with van der Waals surface area (Å²) in [6, 6.07) is 10.4. The number of carbonyl (C=O) groups excluding carboxylic acids is 1. The maximum absolute atomic E-state index is 12.0. The van der Waals surface area contributed by atoms with Gasteiger partial charge in [0.15, 0.2) is 0 Å². The molecule has 0 aliphatic carbocycles. The van der Waals surface area contributed by atoms with E-state index >= 15 is 0 Å². The summed E-state index contributed by atoms with van der Waals surface area (Å²) in [4.78, 5) is 14.2. The van der Waals surface area contributed by atoms with Gasteiger partial charge in [-0.05, 0) is 32.0 Å². The van der Waals surface area contributed by atoms with Gasteiger partial charge in [0, 0.05) is 19.1 Å². The number of ether oxygens (including phenoxy) is 1. The molecule has 1 aromatic carbocycles. The zero-order valence-corrected chi connectivity index (χ0v) is 12.3. The van der Waals surface area contributed by atoms with Crippen molar-refractivity contribution in [3.8, 4) is 0 Å². The van der Waals surface area contributed by atoms with Crippen molar-refractivity contribution >= 4 is 5.97 Å². The first-order valence-corrected chi connectivity index (χ1v) is 7.25. The Bertz CT molecular complexity index is 416. The van der Waals surface area contributed by atoms with Gasteiger partial charge in [-0.3, -0.25) is 4.79 Å². The van der Waals surface area contributed by atoms with Crippen LogP contribution in [0.25, 0.3) is 0 Å². The van der Waals surface area contributed by atoms with E-state index < -0.39 is 0 Å². The van der Waals surface area contributed by atoms with Crippen LogP contribution >= 0.6 is 0 Å². The van der Waals surface area contributed by atoms with Crippen LogP contribution < -0.4 is 5.32 Å². The average molecular weight is 276 g/mol. The van der Waals surface area contributed by atoms with Crippen molar-refractivity contribution in [1.29, 1.82) is 0 Å². The molecule has 1 saturated heterocycles. The van der Waals surface area contributed by atoms with Crippen LogP contribution in [0.3, 0.4) is 0 Å². The van der Waals surface area contributed by atoms with Crippen LogP contribution in [0.1, 0.15) is 24.3 Å². The van der Waals surface area contributed by atoms with Gasteiger partial charge in [-0.1, -0.05) is 30.3 Å². The number of hydrogen-bond donors (Lipinski definition) is 1. The van der Waals surface area contributed by atoms with Crippen LogP contribution in [0, 0.1) is 0 Å². The molecule has 20 heavy (non-hydrogen) atoms. The standard InChI is InChI=1S/C16H24N2O2/c1-18(11-14-9-6-10-17-14)12-15(16(19)20-2)13-7-4-3-5-8-13/h3-5,7-8,14-15,17H,6,9-12H2,1-2H3. The minimum absolute atomic E-state index is 0.164. The highest BCUT2D eigenvalue weighted by Gasteiger charge is 2.24. The fourth-order valence-corrected chi connectivity index (χ4v) is 2.82. The Morgan fingerprint density at radius 2 is 2.20 bits per heavy atom. The van der Waals surface area contributed by atoms with Crippen molar-refractivity contribution in [3.63, 3.8) is 0 Å². The van der Waals surface area contributed by atoms with Crippen molar-refractivity contribution in [1.82, 2.24) is 10.2 Å². The van der Waals surface area contributed by atoms with Crippen molar-refractivity contribution in [3.05, 3.63) is 35.9 Å². The van der Waals surface area contributed by atoms with Gasteiger partial charge < -0.3 is 15.0 Å². The largest absolute Gasteiger partial charge is 0.469 e. The molecule has 1 aromatic rings. The number of benzene rings is 1. The van der Waals surface area contributed by atoms with Crippen LogP contribution in [-0.2, 0) is 9.53 Å². The lowest BCUT2D eigenvalue weighted by molar-refractivity contribution is -0.142. The molecule has 0 spiro atoms. The van der Waals surface area contributed by atoms with Crippen molar-refractivity contribution in [2.45, 2.75) is 24.8 Å². The summed E-state index contributed by atoms with van der Waals surface area (Å²) < 4.78 is 4.96. The summed E-state index contributed by atoms with van der Waals surface area (Å²) in [6.07, 6.45) is 2.47. The molecule has 1 aliphatic rings. The summed E-state index contributed by atoms with van der Waals surface area (Å²) in [5.74, 6) is -0.380. The Balaban J connectivity index is 1.98. The molecule has 0 amide bonds. The highest BCUT2D eigenvalue weighted by Crippen LogP contribution is 2.19. The van der Waals surface area contributed by atoms with Crippen LogP contribution in [0.15, 0.2) is 30.3 Å². The summed E-state index contributed by atoms with van der Waals surface area (Å²) in [5, 5.41) is 3.49. The Morgan fingerprint density at radius 1 is 1.45 bits per heavy atom. The number of methoxy groups -OCH3 is 1. The van der Waals surface area contributed by atoms with Gasteiger partial charge in [-0.2, -0.15) is 0 Å². The Morgan fingerprint density at radius 3 is 2.80 bits per heavy atom. The number of nitrogens with one attached hydrogen (secondary N) is 1. The van der Waals surface area contributed by atoms with Gasteiger partial charge in [-0.25, -0.2) is 0 Å². The second-order valence-electron chi connectivity index (χ2n) is 5.50. The highest BCUT2D eigenvalue weighted by atomic mass is 16.5. The molecule has 0 saturated carbocycles. The third-order valence-corrected chi connectivity index (χ3v) is 3.88. The van der Waals surface area contributed by atoms with E-state index in [0.717, 1.165) is 18.7 Å². The molecule has 110 valence electrons. The highest BCUT2D eigenvalue weighted by molar-refractivity contribution is 5.78. The number of likely N-dealkylation sites (N-methyl/N-ethyl adjacent to an activating group) is 1. The van der Waals surface area contributed by atoms with Crippen LogP contribution in [0.5, 0.6) is 0 Å². The molecule has 1 heterocycles. The molecule has 0 aromatic heterocycles. The Kier molecular flexibility index (Phi) is 5.56. The predicted octanol–water partition coefficient (Wildman–Crippen LogP) is 1.63. The monoisotopic (exact) mass is 276 g/mol. The molecule has 1 aliphatic heterocycles. The SMILES string of the molecule is COC(=O)C(CN(C)CC1CCCN1)c1ccccc1. The van der Waals surface area contributed by atoms with Crippen LogP contribution in [0.2, 0.25) is 0 Å². The van der Waals surface area contributed by atoms with E-state index in [1.807, 2.05) is 30.3 Å². The van der Waals surface area contributed by atoms with E-state index in [2.05, 4.69) is 17.3 Å². The topological polar surface area (TPSA) is 41.6 Å². The molecular weight excluding hydrogens is 252 g/mol. The van der Waals surface area contributed by atoms with Gasteiger partial charge >= 0.3 is 5.97 Å². The zero-order chi connectivity index (χ0) is 14.4. The third-order valence-electron chi connectivity index (χ3n) is 3.88. The number of nitrogens with zero attached hydrogens (tertiary/aromatic N) is 1. The molecular formula is C16H24N2O2. The number of rotatable bonds is 6. The fourth-order valence-electron chi connectivity index (χ4n) is 2.82. The second kappa shape index (κ2) is 7.41. The summed E-state index contributed by atoms with van der Waals surface area (Å²) in [7, 11) is 3.52. The number of carbonyl (C=O) groups is 1. The Hall–Kier alpha value is -1.39. The maximum Gasteiger partial charge on any atom is 0.314 e. The van der Waals surface area contributed by atoms with E-state index in [4.69, 9.17) is 4.74 Å². The van der Waals surface area contributed by atoms with Crippen molar-refractivity contribution in [2.75, 3.05) is 33.8 Å². The van der Waals surface area contributed by atoms with Gasteiger partial charge in [0.2, 0.25) is 0 Å². The first-order valence-electron chi connectivity index (χ1n) is 7.25. The molecule has 4 heteroatoms. The smallest absolute Gasteiger partial charge is 0.314 e. The van der Waals surface area contributed by atoms with Crippen molar-refractivity contribution < 1.29 is 9.53 Å². The van der Waals surface area contributed by atoms with Gasteiger partial charge in [0.1, 0.15) is 0 Å². The molecule has 1 fully saturated rings. The fraction of sp³-hybridized carbons (Fsp3) is 0.562. The molecule has 2 atom stereocenters. The molecule has 4 nitrogen and oxygen atoms in total. The van der Waals surface area contributed by atoms with E-state index in [9.17, 15) is 4.79 Å². The van der Waals surface area contributed by atoms with E-state index in [1.165, 1.54) is 20.0 Å². The van der Waals surface area contributed by atoms with Crippen LogP contribution in [0.4, 0.5) is 0 Å². The maximum atomic E-state index is 12.0. The lowest BCUT2D eigenvalue weighted by atomic mass is 9.98. The lowest BCUT2D eigenvalue weighted by Crippen LogP contribution is -2.38. The molecule has 2 unspecified atom stereocenters. The molecule has 2 rings (SSSR count). The van der Waals surface area contributed by atoms with E-state index in [0.29, 0.717) is 12.6 Å². The predicted molar refractivity (Wildman–Crippen MR) is 79.7 cm³/mol. The first kappa shape index (κ1) is 15.0. The van der Waals surface area contributed by atoms with Gasteiger partial charge in [-0.15, -0.1) is 0 Å². The molecule has 1 N–H and O–H groups in total. The van der Waals surface area contributed by atoms with Crippen molar-refractivity contribution in [2.24, 2.45) is 0 Å². The molecule has 0 bridgehead atoms. The summed E-state index contributed by atoms with van der Waals surface area (Å²) >= 11 is 0. The molecule has 0 radical (unpaired) electrons. The summed E-state index contributed by atoms with van der Waals surface area (Å²) in [6.45, 7) is 2.77. The van der Waals surface area contributed by atoms with E-state index in [1.54, 1.807) is 0 Å². The minimum Gasteiger partial charge on any atom is -0.469 e. The first-order chi connectivity index (χ1) is 9.70. The minimum atomic E-state index is -0.215. The lowest BCUT2D eigenvalue weighted by Gasteiger charge is -2.25. The average Bonchev–Trinajstić information content (AvgIpc) is 2.97. The van der Waals surface area contributed by atoms with Crippen LogP contribution in [-0.4, -0.2) is 50.7 Å².